The van der Waals surface area contributed by atoms with Crippen molar-refractivity contribution in [1.82, 2.24) is 14.5 Å². The summed E-state index contributed by atoms with van der Waals surface area (Å²) in [5, 5.41) is 9.66. The van der Waals surface area contributed by atoms with Crippen molar-refractivity contribution >= 4 is 11.5 Å². The summed E-state index contributed by atoms with van der Waals surface area (Å²) in [5.74, 6) is -0.216. The number of aromatic amines is 1. The van der Waals surface area contributed by atoms with E-state index in [4.69, 9.17) is 0 Å². The van der Waals surface area contributed by atoms with Gasteiger partial charge in [-0.1, -0.05) is 18.2 Å². The summed E-state index contributed by atoms with van der Waals surface area (Å²) in [6.07, 6.45) is 5.49. The van der Waals surface area contributed by atoms with Crippen LogP contribution in [0.2, 0.25) is 0 Å². The predicted octanol–water partition coefficient (Wildman–Crippen LogP) is 1.51. The largest absolute Gasteiger partial charge is 0.508 e. The second-order valence-electron chi connectivity index (χ2n) is 6.71. The van der Waals surface area contributed by atoms with Crippen LogP contribution in [-0.2, 0) is 0 Å². The maximum Gasteiger partial charge on any atom is 0.328 e. The molecule has 26 heavy (non-hydrogen) atoms. The SMILES string of the molecule is O=C(c1c[nH]c(=O)n(C2CC2)c1=O)N1CCC=C(c2cccc(O)c2)C1. The van der Waals surface area contributed by atoms with E-state index in [0.717, 1.165) is 28.5 Å². The van der Waals surface area contributed by atoms with Gasteiger partial charge in [0.1, 0.15) is 11.3 Å². The van der Waals surface area contributed by atoms with Gasteiger partial charge < -0.3 is 15.0 Å². The molecule has 1 aliphatic carbocycles. The van der Waals surface area contributed by atoms with Crippen molar-refractivity contribution in [2.24, 2.45) is 0 Å². The van der Waals surface area contributed by atoms with Gasteiger partial charge in [-0.05, 0) is 42.5 Å². The molecular weight excluding hydrogens is 334 g/mol. The van der Waals surface area contributed by atoms with Crippen LogP contribution < -0.4 is 11.2 Å². The maximum absolute atomic E-state index is 12.9. The summed E-state index contributed by atoms with van der Waals surface area (Å²) in [4.78, 5) is 41.5. The average molecular weight is 353 g/mol. The van der Waals surface area contributed by atoms with Crippen molar-refractivity contribution in [3.8, 4) is 5.75 Å². The Kier molecular flexibility index (Phi) is 3.99. The number of nitrogens with zero attached hydrogens (tertiary/aromatic N) is 2. The molecule has 4 rings (SSSR count). The molecule has 1 saturated carbocycles. The summed E-state index contributed by atoms with van der Waals surface area (Å²) in [7, 11) is 0. The van der Waals surface area contributed by atoms with Crippen LogP contribution in [0.15, 0.2) is 46.1 Å². The third-order valence-corrected chi connectivity index (χ3v) is 4.81. The van der Waals surface area contributed by atoms with Gasteiger partial charge in [0.25, 0.3) is 11.5 Å². The van der Waals surface area contributed by atoms with Crippen LogP contribution in [0.25, 0.3) is 5.57 Å². The molecule has 0 atom stereocenters. The van der Waals surface area contributed by atoms with E-state index in [-0.39, 0.29) is 23.3 Å². The number of phenolic OH excluding ortho intramolecular Hbond substituents is 1. The molecule has 1 aliphatic heterocycles. The van der Waals surface area contributed by atoms with Gasteiger partial charge in [0.15, 0.2) is 0 Å². The Balaban J connectivity index is 1.62. The monoisotopic (exact) mass is 353 g/mol. The number of amides is 1. The first-order valence-electron chi connectivity index (χ1n) is 8.66. The molecule has 7 heteroatoms. The molecule has 7 nitrogen and oxygen atoms in total. The number of H-pyrrole nitrogens is 1. The number of hydrogen-bond acceptors (Lipinski definition) is 4. The van der Waals surface area contributed by atoms with Gasteiger partial charge in [-0.25, -0.2) is 4.79 Å². The number of phenols is 1. The normalized spacial score (nSPS) is 17.1. The molecule has 0 unspecified atom stereocenters. The van der Waals surface area contributed by atoms with Crippen molar-refractivity contribution in [1.29, 1.82) is 0 Å². The first kappa shape index (κ1) is 16.4. The van der Waals surface area contributed by atoms with Crippen LogP contribution in [0.5, 0.6) is 5.75 Å². The molecule has 1 aromatic heterocycles. The topological polar surface area (TPSA) is 95.4 Å². The first-order chi connectivity index (χ1) is 12.5. The first-order valence-corrected chi connectivity index (χ1v) is 8.66. The maximum atomic E-state index is 12.9. The van der Waals surface area contributed by atoms with E-state index in [0.29, 0.717) is 19.5 Å². The zero-order chi connectivity index (χ0) is 18.3. The van der Waals surface area contributed by atoms with E-state index in [1.807, 2.05) is 12.1 Å². The minimum Gasteiger partial charge on any atom is -0.508 e. The number of rotatable bonds is 3. The Morgan fingerprint density at radius 3 is 2.77 bits per heavy atom. The minimum absolute atomic E-state index is 0.00587. The highest BCUT2D eigenvalue weighted by Gasteiger charge is 2.30. The van der Waals surface area contributed by atoms with Gasteiger partial charge in [0.2, 0.25) is 0 Å². The highest BCUT2D eigenvalue weighted by atomic mass is 16.3. The van der Waals surface area contributed by atoms with Crippen molar-refractivity contribution in [2.75, 3.05) is 13.1 Å². The lowest BCUT2D eigenvalue weighted by Crippen LogP contribution is -2.43. The number of hydrogen-bond donors (Lipinski definition) is 2. The number of aromatic nitrogens is 2. The Morgan fingerprint density at radius 2 is 2.04 bits per heavy atom. The van der Waals surface area contributed by atoms with Crippen LogP contribution in [0, 0.1) is 0 Å². The highest BCUT2D eigenvalue weighted by Crippen LogP contribution is 2.32. The lowest BCUT2D eigenvalue weighted by atomic mass is 10.0. The molecule has 1 fully saturated rings. The molecule has 2 aromatic rings. The van der Waals surface area contributed by atoms with Gasteiger partial charge in [-0.15, -0.1) is 0 Å². The van der Waals surface area contributed by atoms with E-state index in [2.05, 4.69) is 4.98 Å². The second-order valence-corrected chi connectivity index (χ2v) is 6.71. The van der Waals surface area contributed by atoms with Crippen molar-refractivity contribution in [3.63, 3.8) is 0 Å². The fraction of sp³-hybridized carbons (Fsp3) is 0.316. The molecule has 2 aliphatic rings. The third-order valence-electron chi connectivity index (χ3n) is 4.81. The Morgan fingerprint density at radius 1 is 1.23 bits per heavy atom. The zero-order valence-electron chi connectivity index (χ0n) is 14.1. The number of aromatic hydroxyl groups is 1. The summed E-state index contributed by atoms with van der Waals surface area (Å²) in [6.45, 7) is 0.855. The number of carbonyl (C=O) groups is 1. The fourth-order valence-electron chi connectivity index (χ4n) is 3.31. The van der Waals surface area contributed by atoms with E-state index < -0.39 is 11.2 Å². The Labute approximate surface area is 149 Å². The lowest BCUT2D eigenvalue weighted by Gasteiger charge is -2.27. The number of nitrogens with one attached hydrogen (secondary N) is 1. The van der Waals surface area contributed by atoms with Crippen LogP contribution in [-0.4, -0.2) is 38.6 Å². The van der Waals surface area contributed by atoms with Gasteiger partial charge in [-0.3, -0.25) is 14.2 Å². The van der Waals surface area contributed by atoms with Gasteiger partial charge in [-0.2, -0.15) is 0 Å². The summed E-state index contributed by atoms with van der Waals surface area (Å²) >= 11 is 0. The van der Waals surface area contributed by atoms with E-state index >= 15 is 0 Å². The molecule has 2 N–H and O–H groups in total. The molecule has 1 amide bonds. The van der Waals surface area contributed by atoms with Crippen molar-refractivity contribution in [3.05, 3.63) is 68.5 Å². The van der Waals surface area contributed by atoms with Crippen LogP contribution in [0.4, 0.5) is 0 Å². The van der Waals surface area contributed by atoms with Crippen molar-refractivity contribution < 1.29 is 9.90 Å². The number of benzene rings is 1. The van der Waals surface area contributed by atoms with Crippen LogP contribution >= 0.6 is 0 Å². The quantitative estimate of drug-likeness (QED) is 0.874. The molecule has 1 aromatic carbocycles. The molecule has 0 bridgehead atoms. The highest BCUT2D eigenvalue weighted by molar-refractivity contribution is 5.94. The molecule has 2 heterocycles. The van der Waals surface area contributed by atoms with Crippen LogP contribution in [0.1, 0.15) is 41.2 Å². The average Bonchev–Trinajstić information content (AvgIpc) is 3.46. The van der Waals surface area contributed by atoms with E-state index in [1.54, 1.807) is 23.1 Å². The van der Waals surface area contributed by atoms with Gasteiger partial charge >= 0.3 is 5.69 Å². The molecule has 134 valence electrons. The smallest absolute Gasteiger partial charge is 0.328 e. The summed E-state index contributed by atoms with van der Waals surface area (Å²) < 4.78 is 1.16. The summed E-state index contributed by atoms with van der Waals surface area (Å²) in [5.41, 5.74) is 0.781. The number of carbonyl (C=O) groups excluding carboxylic acids is 1. The van der Waals surface area contributed by atoms with Gasteiger partial charge in [0, 0.05) is 25.3 Å². The van der Waals surface area contributed by atoms with Gasteiger partial charge in [0.05, 0.1) is 0 Å². The Bertz CT molecular complexity index is 1010. The van der Waals surface area contributed by atoms with Crippen molar-refractivity contribution in [2.45, 2.75) is 25.3 Å². The molecular formula is C19H19N3O4. The molecule has 0 saturated heterocycles. The Hall–Kier alpha value is -3.09. The summed E-state index contributed by atoms with van der Waals surface area (Å²) in [6, 6.07) is 6.78. The fourth-order valence-corrected chi connectivity index (χ4v) is 3.31. The van der Waals surface area contributed by atoms with E-state index in [1.165, 1.54) is 6.20 Å². The third kappa shape index (κ3) is 2.96. The lowest BCUT2D eigenvalue weighted by molar-refractivity contribution is 0.0771. The molecule has 0 radical (unpaired) electrons. The minimum atomic E-state index is -0.519. The molecule has 0 spiro atoms. The van der Waals surface area contributed by atoms with Crippen LogP contribution in [0.3, 0.4) is 0 Å². The standard InChI is InChI=1S/C19H19N3O4/c23-15-5-1-3-12(9-15)13-4-2-8-21(11-13)17(24)16-10-20-19(26)22(18(16)25)14-6-7-14/h1,3-5,9-10,14,23H,2,6-8,11H2,(H,20,26). The predicted molar refractivity (Wildman–Crippen MR) is 96.2 cm³/mol. The second kappa shape index (κ2) is 6.33. The zero-order valence-corrected chi connectivity index (χ0v) is 14.1. The van der Waals surface area contributed by atoms with E-state index in [9.17, 15) is 19.5 Å².